The summed E-state index contributed by atoms with van der Waals surface area (Å²) < 4.78 is 18.4. The molecule has 0 aliphatic heterocycles. The first kappa shape index (κ1) is 14.8. The number of hydrogen-bond donors (Lipinski definition) is 2. The van der Waals surface area contributed by atoms with Gasteiger partial charge in [-0.2, -0.15) is 0 Å². The highest BCUT2D eigenvalue weighted by Crippen LogP contribution is 2.05. The Bertz CT molecular complexity index is 611. The van der Waals surface area contributed by atoms with E-state index in [-0.39, 0.29) is 24.4 Å². The fourth-order valence-corrected chi connectivity index (χ4v) is 1.72. The standard InChI is InChI=1S/C15H15FN2O3/c16-13-6-2-1-5-12(13)15(20)17-8-7-14(19)18-10-11-4-3-9-21-11/h1-6,9H,7-8,10H2,(H,17,20)(H,18,19). The molecular weight excluding hydrogens is 275 g/mol. The molecule has 0 aliphatic carbocycles. The zero-order valence-electron chi connectivity index (χ0n) is 11.3. The molecule has 2 rings (SSSR count). The second-order valence-electron chi connectivity index (χ2n) is 4.34. The predicted octanol–water partition coefficient (Wildman–Crippen LogP) is 1.86. The highest BCUT2D eigenvalue weighted by molar-refractivity contribution is 5.94. The summed E-state index contributed by atoms with van der Waals surface area (Å²) in [6.07, 6.45) is 1.64. The summed E-state index contributed by atoms with van der Waals surface area (Å²) in [5.74, 6) is -0.691. The Morgan fingerprint density at radius 1 is 1.10 bits per heavy atom. The lowest BCUT2D eigenvalue weighted by Crippen LogP contribution is -2.30. The molecule has 0 fully saturated rings. The molecule has 1 heterocycles. The van der Waals surface area contributed by atoms with Crippen molar-refractivity contribution in [2.24, 2.45) is 0 Å². The van der Waals surface area contributed by atoms with Gasteiger partial charge < -0.3 is 15.1 Å². The maximum absolute atomic E-state index is 13.4. The molecule has 0 saturated heterocycles. The minimum absolute atomic E-state index is 0.0338. The second-order valence-corrected chi connectivity index (χ2v) is 4.34. The van der Waals surface area contributed by atoms with E-state index in [2.05, 4.69) is 10.6 Å². The van der Waals surface area contributed by atoms with Crippen LogP contribution in [0.5, 0.6) is 0 Å². The van der Waals surface area contributed by atoms with Gasteiger partial charge in [-0.1, -0.05) is 12.1 Å². The number of rotatable bonds is 6. The number of carbonyl (C=O) groups is 2. The SMILES string of the molecule is O=C(CCNC(=O)c1ccccc1F)NCc1ccco1. The topological polar surface area (TPSA) is 71.3 Å². The Hall–Kier alpha value is -2.63. The van der Waals surface area contributed by atoms with Crippen LogP contribution in [0.3, 0.4) is 0 Å². The van der Waals surface area contributed by atoms with Crippen LogP contribution in [0.1, 0.15) is 22.5 Å². The second kappa shape index (κ2) is 7.23. The van der Waals surface area contributed by atoms with Gasteiger partial charge in [0.1, 0.15) is 11.6 Å². The summed E-state index contributed by atoms with van der Waals surface area (Å²) >= 11 is 0. The number of halogens is 1. The molecule has 21 heavy (non-hydrogen) atoms. The summed E-state index contributed by atoms with van der Waals surface area (Å²) in [4.78, 5) is 23.2. The Kier molecular flexibility index (Phi) is 5.09. The maximum atomic E-state index is 13.4. The largest absolute Gasteiger partial charge is 0.467 e. The molecule has 0 unspecified atom stereocenters. The summed E-state index contributed by atoms with van der Waals surface area (Å²) in [5.41, 5.74) is -0.0338. The molecule has 1 aromatic carbocycles. The Morgan fingerprint density at radius 3 is 2.62 bits per heavy atom. The van der Waals surface area contributed by atoms with Crippen LogP contribution in [0.2, 0.25) is 0 Å². The van der Waals surface area contributed by atoms with Crippen molar-refractivity contribution in [2.45, 2.75) is 13.0 Å². The van der Waals surface area contributed by atoms with Crippen molar-refractivity contribution in [1.82, 2.24) is 10.6 Å². The lowest BCUT2D eigenvalue weighted by atomic mass is 10.2. The number of carbonyl (C=O) groups excluding carboxylic acids is 2. The van der Waals surface area contributed by atoms with Crippen molar-refractivity contribution >= 4 is 11.8 Å². The van der Waals surface area contributed by atoms with E-state index in [4.69, 9.17) is 4.42 Å². The van der Waals surface area contributed by atoms with Crippen molar-refractivity contribution in [3.8, 4) is 0 Å². The number of hydrogen-bond acceptors (Lipinski definition) is 3. The number of benzene rings is 1. The molecule has 0 bridgehead atoms. The zero-order chi connectivity index (χ0) is 15.1. The fraction of sp³-hybridized carbons (Fsp3) is 0.200. The van der Waals surface area contributed by atoms with Gasteiger partial charge in [0.25, 0.3) is 5.91 Å². The molecule has 0 radical (unpaired) electrons. The third-order valence-electron chi connectivity index (χ3n) is 2.80. The molecule has 2 N–H and O–H groups in total. The molecule has 0 spiro atoms. The van der Waals surface area contributed by atoms with Gasteiger partial charge in [-0.15, -0.1) is 0 Å². The first-order valence-electron chi connectivity index (χ1n) is 6.48. The van der Waals surface area contributed by atoms with E-state index >= 15 is 0 Å². The smallest absolute Gasteiger partial charge is 0.254 e. The molecule has 2 aromatic rings. The first-order chi connectivity index (χ1) is 10.2. The van der Waals surface area contributed by atoms with Crippen LogP contribution in [0.25, 0.3) is 0 Å². The quantitative estimate of drug-likeness (QED) is 0.853. The van der Waals surface area contributed by atoms with E-state index in [1.165, 1.54) is 24.5 Å². The minimum atomic E-state index is -0.586. The minimum Gasteiger partial charge on any atom is -0.467 e. The summed E-state index contributed by atoms with van der Waals surface area (Å²) in [6.45, 7) is 0.435. The summed E-state index contributed by atoms with van der Waals surface area (Å²) in [7, 11) is 0. The van der Waals surface area contributed by atoms with Crippen LogP contribution < -0.4 is 10.6 Å². The normalized spacial score (nSPS) is 10.1. The highest BCUT2D eigenvalue weighted by Gasteiger charge is 2.10. The lowest BCUT2D eigenvalue weighted by Gasteiger charge is -2.06. The molecule has 1 aromatic heterocycles. The third-order valence-corrected chi connectivity index (χ3v) is 2.80. The molecule has 5 nitrogen and oxygen atoms in total. The Labute approximate surface area is 121 Å². The van der Waals surface area contributed by atoms with E-state index in [1.807, 2.05) is 0 Å². The van der Waals surface area contributed by atoms with Gasteiger partial charge in [0.15, 0.2) is 0 Å². The van der Waals surface area contributed by atoms with Crippen LogP contribution in [0, 0.1) is 5.82 Å². The summed E-state index contributed by atoms with van der Waals surface area (Å²) in [5, 5.41) is 5.15. The number of amides is 2. The molecule has 0 aliphatic rings. The van der Waals surface area contributed by atoms with Crippen molar-refractivity contribution in [3.05, 3.63) is 59.8 Å². The molecule has 110 valence electrons. The van der Waals surface area contributed by atoms with E-state index in [1.54, 1.807) is 18.2 Å². The van der Waals surface area contributed by atoms with Gasteiger partial charge in [0, 0.05) is 13.0 Å². The van der Waals surface area contributed by atoms with Crippen LogP contribution in [-0.2, 0) is 11.3 Å². The molecule has 2 amide bonds. The maximum Gasteiger partial charge on any atom is 0.254 e. The van der Waals surface area contributed by atoms with E-state index in [0.29, 0.717) is 12.3 Å². The average molecular weight is 290 g/mol. The number of furan rings is 1. The van der Waals surface area contributed by atoms with Crippen LogP contribution in [0.15, 0.2) is 47.1 Å². The van der Waals surface area contributed by atoms with Gasteiger partial charge in [0.2, 0.25) is 5.91 Å². The molecule has 0 saturated carbocycles. The predicted molar refractivity (Wildman–Crippen MR) is 73.9 cm³/mol. The molecule has 6 heteroatoms. The van der Waals surface area contributed by atoms with E-state index < -0.39 is 11.7 Å². The average Bonchev–Trinajstić information content (AvgIpc) is 2.99. The monoisotopic (exact) mass is 290 g/mol. The van der Waals surface area contributed by atoms with Gasteiger partial charge in [0.05, 0.1) is 18.4 Å². The highest BCUT2D eigenvalue weighted by atomic mass is 19.1. The van der Waals surface area contributed by atoms with Crippen LogP contribution in [0.4, 0.5) is 4.39 Å². The van der Waals surface area contributed by atoms with Gasteiger partial charge in [-0.25, -0.2) is 4.39 Å². The van der Waals surface area contributed by atoms with Gasteiger partial charge in [-0.3, -0.25) is 9.59 Å². The van der Waals surface area contributed by atoms with Crippen molar-refractivity contribution < 1.29 is 18.4 Å². The van der Waals surface area contributed by atoms with Crippen LogP contribution >= 0.6 is 0 Å². The van der Waals surface area contributed by atoms with Crippen molar-refractivity contribution in [3.63, 3.8) is 0 Å². The Morgan fingerprint density at radius 2 is 1.90 bits per heavy atom. The molecule has 0 atom stereocenters. The number of nitrogens with one attached hydrogen (secondary N) is 2. The first-order valence-corrected chi connectivity index (χ1v) is 6.48. The van der Waals surface area contributed by atoms with Crippen molar-refractivity contribution in [2.75, 3.05) is 6.54 Å². The zero-order valence-corrected chi connectivity index (χ0v) is 11.3. The Balaban J connectivity index is 1.70. The fourth-order valence-electron chi connectivity index (χ4n) is 1.72. The van der Waals surface area contributed by atoms with Gasteiger partial charge in [-0.05, 0) is 24.3 Å². The van der Waals surface area contributed by atoms with E-state index in [0.717, 1.165) is 0 Å². The summed E-state index contributed by atoms with van der Waals surface area (Å²) in [6, 6.07) is 9.17. The third kappa shape index (κ3) is 4.45. The van der Waals surface area contributed by atoms with Crippen molar-refractivity contribution in [1.29, 1.82) is 0 Å². The van der Waals surface area contributed by atoms with Crippen LogP contribution in [-0.4, -0.2) is 18.4 Å². The van der Waals surface area contributed by atoms with E-state index in [9.17, 15) is 14.0 Å². The lowest BCUT2D eigenvalue weighted by molar-refractivity contribution is -0.121. The van der Waals surface area contributed by atoms with Gasteiger partial charge >= 0.3 is 0 Å². The molecular formula is C15H15FN2O3.